The Hall–Kier alpha value is -4.00. The van der Waals surface area contributed by atoms with Crippen LogP contribution < -0.4 is 5.32 Å². The maximum atomic E-state index is 12.2. The summed E-state index contributed by atoms with van der Waals surface area (Å²) in [5.74, 6) is -1.03. The molecule has 0 saturated carbocycles. The minimum atomic E-state index is -0.779. The van der Waals surface area contributed by atoms with Crippen LogP contribution >= 0.6 is 0 Å². The fourth-order valence-corrected chi connectivity index (χ4v) is 2.51. The Balaban J connectivity index is 1.61. The second-order valence-electron chi connectivity index (χ2n) is 5.87. The number of carbonyl (C=O) groups excluding carboxylic acids is 2. The van der Waals surface area contributed by atoms with Gasteiger partial charge < -0.3 is 10.1 Å². The van der Waals surface area contributed by atoms with Crippen molar-refractivity contribution >= 4 is 23.3 Å². The van der Waals surface area contributed by atoms with Gasteiger partial charge in [-0.15, -0.1) is 0 Å². The van der Waals surface area contributed by atoms with Crippen LogP contribution in [-0.2, 0) is 11.3 Å². The van der Waals surface area contributed by atoms with Crippen LogP contribution in [-0.4, -0.2) is 16.8 Å². The van der Waals surface area contributed by atoms with Crippen LogP contribution in [0, 0.1) is 10.1 Å². The Kier molecular flexibility index (Phi) is 5.76. The third-order valence-electron chi connectivity index (χ3n) is 3.94. The second-order valence-corrected chi connectivity index (χ2v) is 5.87. The van der Waals surface area contributed by atoms with E-state index in [-0.39, 0.29) is 23.8 Å². The molecule has 7 heteroatoms. The topological polar surface area (TPSA) is 98.5 Å². The molecule has 3 aromatic carbocycles. The first kappa shape index (κ1) is 18.8. The second kappa shape index (κ2) is 8.59. The predicted octanol–water partition coefficient (Wildman–Crippen LogP) is 4.20. The molecular formula is C21H16N2O5. The molecule has 0 aromatic heterocycles. The van der Waals surface area contributed by atoms with E-state index in [2.05, 4.69) is 5.32 Å². The minimum Gasteiger partial charge on any atom is -0.457 e. The van der Waals surface area contributed by atoms with Crippen LogP contribution in [0.4, 0.5) is 11.4 Å². The van der Waals surface area contributed by atoms with Crippen molar-refractivity contribution in [2.45, 2.75) is 6.61 Å². The Labute approximate surface area is 160 Å². The van der Waals surface area contributed by atoms with E-state index in [1.54, 1.807) is 36.4 Å². The van der Waals surface area contributed by atoms with Gasteiger partial charge in [-0.3, -0.25) is 14.9 Å². The normalized spacial score (nSPS) is 10.1. The Morgan fingerprint density at radius 2 is 1.54 bits per heavy atom. The Morgan fingerprint density at radius 3 is 2.21 bits per heavy atom. The number of nitrogens with one attached hydrogen (secondary N) is 1. The van der Waals surface area contributed by atoms with E-state index in [1.165, 1.54) is 24.3 Å². The lowest BCUT2D eigenvalue weighted by Crippen LogP contribution is -2.12. The number of nitro groups is 1. The molecule has 0 aliphatic heterocycles. The molecule has 3 aromatic rings. The third kappa shape index (κ3) is 4.59. The monoisotopic (exact) mass is 376 g/mol. The highest BCUT2D eigenvalue weighted by Gasteiger charge is 2.20. The standard InChI is InChI=1S/C21H16N2O5/c24-20(22-17-6-2-1-3-7-17)16-12-10-15(11-13-16)14-28-21(25)18-8-4-5-9-19(18)23(26)27/h1-13H,14H2,(H,22,24). The van der Waals surface area contributed by atoms with Gasteiger partial charge in [-0.2, -0.15) is 0 Å². The van der Waals surface area contributed by atoms with Crippen LogP contribution in [0.5, 0.6) is 0 Å². The number of carbonyl (C=O) groups is 2. The molecule has 7 nitrogen and oxygen atoms in total. The van der Waals surface area contributed by atoms with Gasteiger partial charge in [0, 0.05) is 17.3 Å². The quantitative estimate of drug-likeness (QED) is 0.395. The summed E-state index contributed by atoms with van der Waals surface area (Å²) in [6, 6.07) is 21.2. The number of amides is 1. The number of anilines is 1. The van der Waals surface area contributed by atoms with Crippen LogP contribution in [0.15, 0.2) is 78.9 Å². The van der Waals surface area contributed by atoms with Crippen molar-refractivity contribution in [2.75, 3.05) is 5.32 Å². The summed E-state index contributed by atoms with van der Waals surface area (Å²) in [6.07, 6.45) is 0. The Bertz CT molecular complexity index is 1000. The molecule has 0 heterocycles. The van der Waals surface area contributed by atoms with Crippen molar-refractivity contribution in [3.63, 3.8) is 0 Å². The summed E-state index contributed by atoms with van der Waals surface area (Å²) in [5.41, 5.74) is 1.39. The number of para-hydroxylation sites is 2. The average Bonchev–Trinajstić information content (AvgIpc) is 2.73. The van der Waals surface area contributed by atoms with Gasteiger partial charge in [0.2, 0.25) is 0 Å². The highest BCUT2D eigenvalue weighted by molar-refractivity contribution is 6.04. The summed E-state index contributed by atoms with van der Waals surface area (Å²) in [7, 11) is 0. The molecule has 0 spiro atoms. The highest BCUT2D eigenvalue weighted by Crippen LogP contribution is 2.19. The van der Waals surface area contributed by atoms with E-state index in [0.717, 1.165) is 0 Å². The van der Waals surface area contributed by atoms with E-state index in [0.29, 0.717) is 16.8 Å². The van der Waals surface area contributed by atoms with Crippen molar-refractivity contribution in [1.29, 1.82) is 0 Å². The van der Waals surface area contributed by atoms with E-state index in [4.69, 9.17) is 4.74 Å². The number of hydrogen-bond donors (Lipinski definition) is 1. The lowest BCUT2D eigenvalue weighted by Gasteiger charge is -2.07. The summed E-state index contributed by atoms with van der Waals surface area (Å²) in [4.78, 5) is 34.7. The molecule has 1 N–H and O–H groups in total. The first-order valence-corrected chi connectivity index (χ1v) is 8.40. The zero-order chi connectivity index (χ0) is 19.9. The molecule has 28 heavy (non-hydrogen) atoms. The number of benzene rings is 3. The summed E-state index contributed by atoms with van der Waals surface area (Å²) in [5, 5.41) is 13.8. The molecule has 0 unspecified atom stereocenters. The number of rotatable bonds is 6. The van der Waals surface area contributed by atoms with Gasteiger partial charge in [-0.05, 0) is 35.9 Å². The first-order chi connectivity index (χ1) is 13.5. The van der Waals surface area contributed by atoms with Crippen LogP contribution in [0.1, 0.15) is 26.3 Å². The van der Waals surface area contributed by atoms with E-state index >= 15 is 0 Å². The van der Waals surface area contributed by atoms with Gasteiger partial charge >= 0.3 is 5.97 Å². The maximum absolute atomic E-state index is 12.2. The summed E-state index contributed by atoms with van der Waals surface area (Å²) >= 11 is 0. The average molecular weight is 376 g/mol. The number of nitrogens with zero attached hydrogens (tertiary/aromatic N) is 1. The van der Waals surface area contributed by atoms with Crippen LogP contribution in [0.3, 0.4) is 0 Å². The fraction of sp³-hybridized carbons (Fsp3) is 0.0476. The molecular weight excluding hydrogens is 360 g/mol. The van der Waals surface area contributed by atoms with Gasteiger partial charge in [0.1, 0.15) is 12.2 Å². The molecule has 0 radical (unpaired) electrons. The number of esters is 1. The molecule has 140 valence electrons. The van der Waals surface area contributed by atoms with E-state index < -0.39 is 10.9 Å². The van der Waals surface area contributed by atoms with Crippen molar-refractivity contribution in [3.05, 3.63) is 106 Å². The van der Waals surface area contributed by atoms with Gasteiger partial charge in [0.25, 0.3) is 11.6 Å². The van der Waals surface area contributed by atoms with Crippen molar-refractivity contribution in [2.24, 2.45) is 0 Å². The molecule has 0 fully saturated rings. The Morgan fingerprint density at radius 1 is 0.893 bits per heavy atom. The number of nitro benzene ring substituents is 1. The number of hydrogen-bond acceptors (Lipinski definition) is 5. The van der Waals surface area contributed by atoms with E-state index in [9.17, 15) is 19.7 Å². The van der Waals surface area contributed by atoms with Crippen LogP contribution in [0.25, 0.3) is 0 Å². The van der Waals surface area contributed by atoms with Crippen molar-refractivity contribution in [1.82, 2.24) is 0 Å². The molecule has 0 aliphatic carbocycles. The molecule has 1 amide bonds. The highest BCUT2D eigenvalue weighted by atomic mass is 16.6. The molecule has 0 aliphatic rings. The lowest BCUT2D eigenvalue weighted by atomic mass is 10.1. The molecule has 0 bridgehead atoms. The van der Waals surface area contributed by atoms with E-state index in [1.807, 2.05) is 18.2 Å². The fourth-order valence-electron chi connectivity index (χ4n) is 2.51. The van der Waals surface area contributed by atoms with Gasteiger partial charge in [0.05, 0.1) is 4.92 Å². The molecule has 3 rings (SSSR count). The molecule has 0 atom stereocenters. The summed E-state index contributed by atoms with van der Waals surface area (Å²) in [6.45, 7) is -0.0640. The largest absolute Gasteiger partial charge is 0.457 e. The minimum absolute atomic E-state index is 0.0640. The van der Waals surface area contributed by atoms with Crippen LogP contribution in [0.2, 0.25) is 0 Å². The van der Waals surface area contributed by atoms with Crippen molar-refractivity contribution in [3.8, 4) is 0 Å². The van der Waals surface area contributed by atoms with Crippen molar-refractivity contribution < 1.29 is 19.2 Å². The predicted molar refractivity (Wildman–Crippen MR) is 103 cm³/mol. The smallest absolute Gasteiger partial charge is 0.345 e. The van der Waals surface area contributed by atoms with Gasteiger partial charge in [-0.1, -0.05) is 42.5 Å². The van der Waals surface area contributed by atoms with Gasteiger partial charge in [-0.25, -0.2) is 4.79 Å². The zero-order valence-corrected chi connectivity index (χ0v) is 14.7. The molecule has 0 saturated heterocycles. The third-order valence-corrected chi connectivity index (χ3v) is 3.94. The SMILES string of the molecule is O=C(Nc1ccccc1)c1ccc(COC(=O)c2ccccc2[N+](=O)[O-])cc1. The lowest BCUT2D eigenvalue weighted by molar-refractivity contribution is -0.385. The zero-order valence-electron chi connectivity index (χ0n) is 14.7. The van der Waals surface area contributed by atoms with Gasteiger partial charge in [0.15, 0.2) is 0 Å². The first-order valence-electron chi connectivity index (χ1n) is 8.40. The summed E-state index contributed by atoms with van der Waals surface area (Å²) < 4.78 is 5.16. The maximum Gasteiger partial charge on any atom is 0.345 e. The number of ether oxygens (including phenoxy) is 1.